The van der Waals surface area contributed by atoms with Crippen molar-refractivity contribution in [2.24, 2.45) is 0 Å². The second kappa shape index (κ2) is 11.4. The number of hydrogen-bond donors (Lipinski definition) is 1. The fourth-order valence-electron chi connectivity index (χ4n) is 3.61. The van der Waals surface area contributed by atoms with Crippen molar-refractivity contribution in [1.82, 2.24) is 20.2 Å². The highest BCUT2D eigenvalue weighted by molar-refractivity contribution is 7.99. The highest BCUT2D eigenvalue weighted by Gasteiger charge is 2.15. The molecule has 0 radical (unpaired) electrons. The Morgan fingerprint density at radius 3 is 2.14 bits per heavy atom. The highest BCUT2D eigenvalue weighted by Crippen LogP contribution is 2.32. The summed E-state index contributed by atoms with van der Waals surface area (Å²) in [6, 6.07) is 23.1. The van der Waals surface area contributed by atoms with Crippen molar-refractivity contribution in [3.05, 3.63) is 72.8 Å². The number of thioether (sulfide) groups is 1. The number of nitrogens with zero attached hydrogens (tertiary/aromatic N) is 4. The van der Waals surface area contributed by atoms with Crippen LogP contribution < -0.4 is 14.8 Å². The zero-order valence-corrected chi connectivity index (χ0v) is 21.8. The minimum absolute atomic E-state index is 0.107. The van der Waals surface area contributed by atoms with E-state index in [-0.39, 0.29) is 5.91 Å². The van der Waals surface area contributed by atoms with Crippen molar-refractivity contribution >= 4 is 44.4 Å². The smallest absolute Gasteiger partial charge is 0.226 e. The molecule has 37 heavy (non-hydrogen) atoms. The largest absolute Gasteiger partial charge is 0.497 e. The summed E-state index contributed by atoms with van der Waals surface area (Å²) in [4.78, 5) is 21.7. The maximum Gasteiger partial charge on any atom is 0.226 e. The number of benzene rings is 3. The van der Waals surface area contributed by atoms with E-state index < -0.39 is 0 Å². The van der Waals surface area contributed by atoms with E-state index in [9.17, 15) is 4.79 Å². The van der Waals surface area contributed by atoms with Crippen molar-refractivity contribution in [3.63, 3.8) is 0 Å². The molecule has 0 aliphatic carbocycles. The van der Waals surface area contributed by atoms with Gasteiger partial charge in [0.15, 0.2) is 5.13 Å². The average Bonchev–Trinajstić information content (AvgIpc) is 3.35. The number of ether oxygens (including phenoxy) is 2. The van der Waals surface area contributed by atoms with Gasteiger partial charge >= 0.3 is 0 Å². The molecule has 8 nitrogen and oxygen atoms in total. The van der Waals surface area contributed by atoms with Gasteiger partial charge in [0.1, 0.15) is 22.9 Å². The third-order valence-electron chi connectivity index (χ3n) is 5.49. The Kier molecular flexibility index (Phi) is 7.57. The highest BCUT2D eigenvalue weighted by atomic mass is 32.2. The zero-order chi connectivity index (χ0) is 25.6. The number of thiazole rings is 1. The molecule has 0 aliphatic heterocycles. The Hall–Kier alpha value is -4.02. The first-order chi connectivity index (χ1) is 18.1. The van der Waals surface area contributed by atoms with Crippen LogP contribution in [0.25, 0.3) is 32.7 Å². The van der Waals surface area contributed by atoms with Gasteiger partial charge in [-0.1, -0.05) is 35.2 Å². The first-order valence-corrected chi connectivity index (χ1v) is 13.2. The maximum absolute atomic E-state index is 12.5. The van der Waals surface area contributed by atoms with E-state index in [1.807, 2.05) is 72.8 Å². The van der Waals surface area contributed by atoms with Crippen molar-refractivity contribution in [2.75, 3.05) is 25.3 Å². The summed E-state index contributed by atoms with van der Waals surface area (Å²) < 4.78 is 11.6. The quantitative estimate of drug-likeness (QED) is 0.234. The van der Waals surface area contributed by atoms with Crippen LogP contribution in [0.15, 0.2) is 78.0 Å². The first kappa shape index (κ1) is 24.7. The fraction of sp³-hybridized carbons (Fsp3) is 0.148. The van der Waals surface area contributed by atoms with Crippen LogP contribution in [0.5, 0.6) is 11.5 Å². The van der Waals surface area contributed by atoms with Crippen LogP contribution in [0.1, 0.15) is 6.42 Å². The third-order valence-corrected chi connectivity index (χ3v) is 7.29. The molecule has 0 saturated carbocycles. The van der Waals surface area contributed by atoms with Gasteiger partial charge in [0.25, 0.3) is 0 Å². The number of rotatable bonds is 9. The summed E-state index contributed by atoms with van der Waals surface area (Å²) in [5, 5.41) is 12.8. The van der Waals surface area contributed by atoms with Gasteiger partial charge in [-0.2, -0.15) is 0 Å². The minimum atomic E-state index is -0.107. The molecule has 0 aliphatic rings. The predicted octanol–water partition coefficient (Wildman–Crippen LogP) is 5.95. The number of carbonyl (C=O) groups excluding carboxylic acids is 1. The molecule has 3 aromatic carbocycles. The molecule has 0 spiro atoms. The van der Waals surface area contributed by atoms with Crippen molar-refractivity contribution in [1.29, 1.82) is 0 Å². The lowest BCUT2D eigenvalue weighted by Gasteiger charge is -2.10. The Labute approximate surface area is 222 Å². The van der Waals surface area contributed by atoms with Gasteiger partial charge in [-0.3, -0.25) is 4.79 Å². The van der Waals surface area contributed by atoms with Gasteiger partial charge in [0.05, 0.1) is 24.4 Å². The molecule has 0 unspecified atom stereocenters. The van der Waals surface area contributed by atoms with E-state index in [0.29, 0.717) is 33.8 Å². The number of anilines is 1. The van der Waals surface area contributed by atoms with Gasteiger partial charge in [-0.25, -0.2) is 9.97 Å². The summed E-state index contributed by atoms with van der Waals surface area (Å²) >= 11 is 2.84. The van der Waals surface area contributed by atoms with E-state index in [2.05, 4.69) is 20.5 Å². The molecule has 0 atom stereocenters. The zero-order valence-electron chi connectivity index (χ0n) is 20.2. The van der Waals surface area contributed by atoms with Crippen LogP contribution in [-0.2, 0) is 4.79 Å². The van der Waals surface area contributed by atoms with Gasteiger partial charge < -0.3 is 14.8 Å². The van der Waals surface area contributed by atoms with Gasteiger partial charge in [-0.15, -0.1) is 10.2 Å². The molecule has 2 heterocycles. The van der Waals surface area contributed by atoms with Gasteiger partial charge in [0.2, 0.25) is 11.1 Å². The van der Waals surface area contributed by atoms with E-state index >= 15 is 0 Å². The van der Waals surface area contributed by atoms with Crippen LogP contribution in [-0.4, -0.2) is 46.0 Å². The van der Waals surface area contributed by atoms with Crippen molar-refractivity contribution in [2.45, 2.75) is 11.6 Å². The van der Waals surface area contributed by atoms with Crippen molar-refractivity contribution < 1.29 is 14.3 Å². The Balaban J connectivity index is 1.31. The van der Waals surface area contributed by atoms with Crippen LogP contribution in [0.3, 0.4) is 0 Å². The topological polar surface area (TPSA) is 99.1 Å². The van der Waals surface area contributed by atoms with E-state index in [1.165, 1.54) is 23.1 Å². The van der Waals surface area contributed by atoms with Crippen LogP contribution in [0.4, 0.5) is 5.13 Å². The molecule has 0 fully saturated rings. The third kappa shape index (κ3) is 5.87. The van der Waals surface area contributed by atoms with Gasteiger partial charge in [-0.05, 0) is 60.7 Å². The summed E-state index contributed by atoms with van der Waals surface area (Å²) in [6.07, 6.45) is 0.294. The lowest BCUT2D eigenvalue weighted by Crippen LogP contribution is -2.12. The van der Waals surface area contributed by atoms with Crippen LogP contribution in [0, 0.1) is 0 Å². The lowest BCUT2D eigenvalue weighted by molar-refractivity contribution is -0.115. The number of carbonyl (C=O) groups is 1. The molecular weight excluding hydrogens is 506 g/mol. The number of fused-ring (bicyclic) bond motifs is 1. The minimum Gasteiger partial charge on any atom is -0.497 e. The van der Waals surface area contributed by atoms with Gasteiger partial charge in [0, 0.05) is 23.3 Å². The lowest BCUT2D eigenvalue weighted by atomic mass is 10.0. The monoisotopic (exact) mass is 529 g/mol. The molecule has 186 valence electrons. The number of methoxy groups -OCH3 is 2. The molecule has 0 saturated heterocycles. The predicted molar refractivity (Wildman–Crippen MR) is 147 cm³/mol. The maximum atomic E-state index is 12.5. The number of nitrogens with one attached hydrogen (secondary N) is 1. The molecule has 2 aromatic heterocycles. The number of aromatic nitrogens is 4. The number of hydrogen-bond acceptors (Lipinski definition) is 9. The van der Waals surface area contributed by atoms with Crippen LogP contribution >= 0.6 is 23.1 Å². The molecule has 5 rings (SSSR count). The molecule has 1 amide bonds. The van der Waals surface area contributed by atoms with E-state index in [4.69, 9.17) is 14.5 Å². The Morgan fingerprint density at radius 1 is 0.838 bits per heavy atom. The standard InChI is InChI=1S/C27H23N5O3S2/c1-34-19-11-7-17(8-12-19)24-25(18-9-13-20(35-2)14-10-18)31-32-27(30-24)36-16-15-23(33)29-26-28-21-5-3-4-6-22(21)37-26/h3-14H,15-16H2,1-2H3,(H,28,29,33). The van der Waals surface area contributed by atoms with Crippen molar-refractivity contribution in [3.8, 4) is 34.0 Å². The fourth-order valence-corrected chi connectivity index (χ4v) is 5.21. The Bertz CT molecular complexity index is 1490. The number of para-hydroxylation sites is 1. The Morgan fingerprint density at radius 2 is 1.49 bits per heavy atom. The average molecular weight is 530 g/mol. The summed E-state index contributed by atoms with van der Waals surface area (Å²) in [6.45, 7) is 0. The molecule has 0 bridgehead atoms. The second-order valence-electron chi connectivity index (χ2n) is 7.88. The molecular formula is C27H23N5O3S2. The van der Waals surface area contributed by atoms with E-state index in [1.54, 1.807) is 14.2 Å². The first-order valence-electron chi connectivity index (χ1n) is 11.4. The summed E-state index contributed by atoms with van der Waals surface area (Å²) in [5.74, 6) is 1.91. The van der Waals surface area contributed by atoms with E-state index in [0.717, 1.165) is 32.8 Å². The summed E-state index contributed by atoms with van der Waals surface area (Å²) in [7, 11) is 3.26. The number of amides is 1. The molecule has 10 heteroatoms. The molecule has 5 aromatic rings. The molecule has 1 N–H and O–H groups in total. The van der Waals surface area contributed by atoms with Crippen LogP contribution in [0.2, 0.25) is 0 Å². The summed E-state index contributed by atoms with van der Waals surface area (Å²) in [5.41, 5.74) is 3.99. The second-order valence-corrected chi connectivity index (χ2v) is 9.97. The SMILES string of the molecule is COc1ccc(-c2nnc(SCCC(=O)Nc3nc4ccccc4s3)nc2-c2ccc(OC)cc2)cc1. The normalized spacial score (nSPS) is 10.9.